The van der Waals surface area contributed by atoms with E-state index in [-0.39, 0.29) is 0 Å². The van der Waals surface area contributed by atoms with Crippen LogP contribution in [0.4, 0.5) is 0 Å². The van der Waals surface area contributed by atoms with Gasteiger partial charge in [-0.25, -0.2) is 0 Å². The Morgan fingerprint density at radius 1 is 1.31 bits per heavy atom. The zero-order chi connectivity index (χ0) is 9.42. The van der Waals surface area contributed by atoms with Gasteiger partial charge in [-0.05, 0) is 25.5 Å². The second-order valence-corrected chi connectivity index (χ2v) is 3.16. The zero-order valence-electron chi connectivity index (χ0n) is 7.63. The van der Waals surface area contributed by atoms with E-state index in [1.165, 1.54) is 0 Å². The van der Waals surface area contributed by atoms with Crippen molar-refractivity contribution in [3.05, 3.63) is 35.1 Å². The van der Waals surface area contributed by atoms with Crippen LogP contribution in [0.5, 0.6) is 0 Å². The van der Waals surface area contributed by atoms with E-state index < -0.39 is 0 Å². The SMILES string of the molecule is Cc1oc2cc(C=O)ccc2c1C. The molecule has 0 bridgehead atoms. The van der Waals surface area contributed by atoms with E-state index in [1.54, 1.807) is 12.1 Å². The summed E-state index contributed by atoms with van der Waals surface area (Å²) in [6.07, 6.45) is 0.826. The van der Waals surface area contributed by atoms with Gasteiger partial charge in [-0.2, -0.15) is 0 Å². The molecule has 13 heavy (non-hydrogen) atoms. The molecule has 1 aromatic carbocycles. The summed E-state index contributed by atoms with van der Waals surface area (Å²) in [5.74, 6) is 0.915. The van der Waals surface area contributed by atoms with Crippen molar-refractivity contribution in [2.45, 2.75) is 13.8 Å². The number of hydrogen-bond donors (Lipinski definition) is 0. The van der Waals surface area contributed by atoms with Gasteiger partial charge < -0.3 is 4.42 Å². The standard InChI is InChI=1S/C11H10O2/c1-7-8(2)13-11-5-9(6-12)3-4-10(7)11/h3-6H,1-2H3. The third-order valence-electron chi connectivity index (χ3n) is 2.34. The van der Waals surface area contributed by atoms with Gasteiger partial charge in [0.1, 0.15) is 17.6 Å². The molecule has 1 heterocycles. The Morgan fingerprint density at radius 3 is 2.77 bits per heavy atom. The number of carbonyl (C=O) groups is 1. The van der Waals surface area contributed by atoms with Crippen LogP contribution in [-0.2, 0) is 0 Å². The van der Waals surface area contributed by atoms with Gasteiger partial charge >= 0.3 is 0 Å². The summed E-state index contributed by atoms with van der Waals surface area (Å²) in [5, 5.41) is 1.09. The number of rotatable bonds is 1. The van der Waals surface area contributed by atoms with Gasteiger partial charge in [0.25, 0.3) is 0 Å². The lowest BCUT2D eigenvalue weighted by Crippen LogP contribution is -1.77. The molecule has 0 aliphatic carbocycles. The summed E-state index contributed by atoms with van der Waals surface area (Å²) >= 11 is 0. The zero-order valence-corrected chi connectivity index (χ0v) is 7.63. The average molecular weight is 174 g/mol. The first-order chi connectivity index (χ1) is 6.22. The fraction of sp³-hybridized carbons (Fsp3) is 0.182. The number of hydrogen-bond acceptors (Lipinski definition) is 2. The van der Waals surface area contributed by atoms with Crippen LogP contribution in [0.25, 0.3) is 11.0 Å². The van der Waals surface area contributed by atoms with E-state index in [2.05, 4.69) is 0 Å². The monoisotopic (exact) mass is 174 g/mol. The molecule has 0 saturated heterocycles. The maximum absolute atomic E-state index is 10.5. The summed E-state index contributed by atoms with van der Waals surface area (Å²) in [4.78, 5) is 10.5. The van der Waals surface area contributed by atoms with E-state index in [4.69, 9.17) is 4.42 Å². The first kappa shape index (κ1) is 8.05. The molecule has 0 aliphatic heterocycles. The topological polar surface area (TPSA) is 30.2 Å². The third kappa shape index (κ3) is 1.15. The summed E-state index contributed by atoms with van der Waals surface area (Å²) in [6.45, 7) is 3.94. The molecule has 2 nitrogen and oxygen atoms in total. The molecule has 66 valence electrons. The van der Waals surface area contributed by atoms with Crippen LogP contribution in [0.2, 0.25) is 0 Å². The van der Waals surface area contributed by atoms with Crippen LogP contribution in [0.3, 0.4) is 0 Å². The van der Waals surface area contributed by atoms with Gasteiger partial charge in [0, 0.05) is 10.9 Å². The normalized spacial score (nSPS) is 10.6. The maximum atomic E-state index is 10.5. The minimum Gasteiger partial charge on any atom is -0.461 e. The highest BCUT2D eigenvalue weighted by Gasteiger charge is 2.06. The molecule has 0 radical (unpaired) electrons. The van der Waals surface area contributed by atoms with Crippen molar-refractivity contribution < 1.29 is 9.21 Å². The van der Waals surface area contributed by atoms with Gasteiger partial charge in [0.2, 0.25) is 0 Å². The number of aldehydes is 1. The number of aryl methyl sites for hydroxylation is 2. The molecule has 0 amide bonds. The van der Waals surface area contributed by atoms with Crippen LogP contribution in [0.1, 0.15) is 21.7 Å². The number of carbonyl (C=O) groups excluding carboxylic acids is 1. The Morgan fingerprint density at radius 2 is 2.08 bits per heavy atom. The fourth-order valence-corrected chi connectivity index (χ4v) is 1.44. The van der Waals surface area contributed by atoms with Crippen molar-refractivity contribution in [2.24, 2.45) is 0 Å². The molecule has 0 N–H and O–H groups in total. The molecular formula is C11H10O2. The predicted molar refractivity (Wildman–Crippen MR) is 51.1 cm³/mol. The van der Waals surface area contributed by atoms with Gasteiger partial charge in [-0.15, -0.1) is 0 Å². The lowest BCUT2D eigenvalue weighted by Gasteiger charge is -1.90. The predicted octanol–water partition coefficient (Wildman–Crippen LogP) is 2.86. The molecule has 2 aromatic rings. The third-order valence-corrected chi connectivity index (χ3v) is 2.34. The minimum absolute atomic E-state index is 0.654. The van der Waals surface area contributed by atoms with Crippen molar-refractivity contribution in [2.75, 3.05) is 0 Å². The molecule has 0 unspecified atom stereocenters. The van der Waals surface area contributed by atoms with E-state index in [0.717, 1.165) is 28.6 Å². The molecule has 1 aromatic heterocycles. The van der Waals surface area contributed by atoms with E-state index >= 15 is 0 Å². The molecule has 2 heteroatoms. The Bertz CT molecular complexity index is 466. The van der Waals surface area contributed by atoms with Crippen molar-refractivity contribution in [3.8, 4) is 0 Å². The summed E-state index contributed by atoms with van der Waals surface area (Å²) in [7, 11) is 0. The number of benzene rings is 1. The largest absolute Gasteiger partial charge is 0.461 e. The van der Waals surface area contributed by atoms with Crippen molar-refractivity contribution in [3.63, 3.8) is 0 Å². The molecule has 0 spiro atoms. The van der Waals surface area contributed by atoms with Gasteiger partial charge in [0.05, 0.1) is 0 Å². The van der Waals surface area contributed by atoms with Crippen molar-refractivity contribution >= 4 is 17.3 Å². The second-order valence-electron chi connectivity index (χ2n) is 3.16. The number of furan rings is 1. The smallest absolute Gasteiger partial charge is 0.150 e. The summed E-state index contributed by atoms with van der Waals surface area (Å²) < 4.78 is 5.48. The second kappa shape index (κ2) is 2.73. The van der Waals surface area contributed by atoms with E-state index in [1.807, 2.05) is 19.9 Å². The van der Waals surface area contributed by atoms with Crippen molar-refractivity contribution in [1.29, 1.82) is 0 Å². The first-order valence-electron chi connectivity index (χ1n) is 4.17. The van der Waals surface area contributed by atoms with Crippen LogP contribution in [0, 0.1) is 13.8 Å². The lowest BCUT2D eigenvalue weighted by atomic mass is 10.1. The van der Waals surface area contributed by atoms with Gasteiger partial charge in [-0.3, -0.25) is 4.79 Å². The van der Waals surface area contributed by atoms with Gasteiger partial charge in [-0.1, -0.05) is 12.1 Å². The van der Waals surface area contributed by atoms with Crippen LogP contribution >= 0.6 is 0 Å². The summed E-state index contributed by atoms with van der Waals surface area (Å²) in [5.41, 5.74) is 2.59. The van der Waals surface area contributed by atoms with E-state index in [0.29, 0.717) is 5.56 Å². The fourth-order valence-electron chi connectivity index (χ4n) is 1.44. The van der Waals surface area contributed by atoms with Gasteiger partial charge in [0.15, 0.2) is 0 Å². The Labute approximate surface area is 76.2 Å². The first-order valence-corrected chi connectivity index (χ1v) is 4.17. The highest BCUT2D eigenvalue weighted by molar-refractivity contribution is 5.88. The molecule has 0 atom stereocenters. The van der Waals surface area contributed by atoms with Crippen LogP contribution in [-0.4, -0.2) is 6.29 Å². The molecule has 0 aliphatic rings. The highest BCUT2D eigenvalue weighted by Crippen LogP contribution is 2.24. The summed E-state index contributed by atoms with van der Waals surface area (Å²) in [6, 6.07) is 5.49. The Balaban J connectivity index is 2.79. The number of fused-ring (bicyclic) bond motifs is 1. The molecule has 0 fully saturated rings. The average Bonchev–Trinajstić information content (AvgIpc) is 2.42. The Kier molecular flexibility index (Phi) is 1.69. The minimum atomic E-state index is 0.654. The maximum Gasteiger partial charge on any atom is 0.150 e. The highest BCUT2D eigenvalue weighted by atomic mass is 16.3. The molecule has 0 saturated carbocycles. The van der Waals surface area contributed by atoms with E-state index in [9.17, 15) is 4.79 Å². The molecule has 2 rings (SSSR count). The quantitative estimate of drug-likeness (QED) is 0.622. The van der Waals surface area contributed by atoms with Crippen molar-refractivity contribution in [1.82, 2.24) is 0 Å². The molecular weight excluding hydrogens is 164 g/mol. The van der Waals surface area contributed by atoms with Crippen LogP contribution in [0.15, 0.2) is 22.6 Å². The lowest BCUT2D eigenvalue weighted by molar-refractivity contribution is 0.112. The van der Waals surface area contributed by atoms with Crippen LogP contribution < -0.4 is 0 Å². The Hall–Kier alpha value is -1.57.